The molecule has 0 unspecified atom stereocenters. The van der Waals surface area contributed by atoms with Crippen molar-refractivity contribution in [2.75, 3.05) is 13.2 Å². The molecule has 138 valence electrons. The highest BCUT2D eigenvalue weighted by atomic mass is 32.1. The van der Waals surface area contributed by atoms with Gasteiger partial charge in [0.05, 0.1) is 5.56 Å². The van der Waals surface area contributed by atoms with Gasteiger partial charge < -0.3 is 10.8 Å². The zero-order valence-corrected chi connectivity index (χ0v) is 16.3. The highest BCUT2D eigenvalue weighted by Crippen LogP contribution is 2.45. The van der Waals surface area contributed by atoms with E-state index in [1.165, 1.54) is 16.0 Å². The van der Waals surface area contributed by atoms with Crippen molar-refractivity contribution in [1.29, 1.82) is 0 Å². The number of thiophene rings is 1. The molecule has 1 aliphatic carbocycles. The van der Waals surface area contributed by atoms with Gasteiger partial charge in [-0.05, 0) is 59.4 Å². The number of aryl methyl sites for hydroxylation is 1. The van der Waals surface area contributed by atoms with Crippen molar-refractivity contribution in [3.63, 3.8) is 0 Å². The molecule has 0 saturated carbocycles. The van der Waals surface area contributed by atoms with Crippen molar-refractivity contribution in [2.45, 2.75) is 46.1 Å². The maximum absolute atomic E-state index is 12.1. The first kappa shape index (κ1) is 17.7. The fourth-order valence-corrected chi connectivity index (χ4v) is 5.57. The number of carboxylic acids is 1. The highest BCUT2D eigenvalue weighted by molar-refractivity contribution is 7.16. The number of carboxylic acid groups (broad SMARTS) is 1. The number of carbonyl (C=O) groups is 1. The standard InChI is InChI=1S/C21H26N2O2S/c1-21(2)7-5-17-16(10-21)18(20(24)25)19(26-17)14-4-3-13-6-8-23(12-22)11-15(13)9-14/h3-4,9H,5-8,10-12,22H2,1-2H3,(H,24,25). The van der Waals surface area contributed by atoms with Gasteiger partial charge in [-0.15, -0.1) is 11.3 Å². The number of nitrogens with two attached hydrogens (primary N) is 1. The van der Waals surface area contributed by atoms with E-state index in [2.05, 4.69) is 36.9 Å². The van der Waals surface area contributed by atoms with Gasteiger partial charge in [0.1, 0.15) is 0 Å². The summed E-state index contributed by atoms with van der Waals surface area (Å²) in [5, 5.41) is 9.94. The number of nitrogens with zero attached hydrogens (tertiary/aromatic N) is 1. The predicted molar refractivity (Wildman–Crippen MR) is 106 cm³/mol. The molecule has 0 saturated heterocycles. The number of hydrogen-bond donors (Lipinski definition) is 2. The Bertz CT molecular complexity index is 869. The second-order valence-corrected chi connectivity index (χ2v) is 9.43. The molecule has 0 bridgehead atoms. The molecule has 26 heavy (non-hydrogen) atoms. The summed E-state index contributed by atoms with van der Waals surface area (Å²) in [7, 11) is 0. The lowest BCUT2D eigenvalue weighted by atomic mass is 9.76. The Labute approximate surface area is 158 Å². The van der Waals surface area contributed by atoms with E-state index in [-0.39, 0.29) is 5.41 Å². The lowest BCUT2D eigenvalue weighted by Gasteiger charge is -2.29. The van der Waals surface area contributed by atoms with Crippen LogP contribution in [0.25, 0.3) is 10.4 Å². The molecule has 0 fully saturated rings. The fourth-order valence-electron chi connectivity index (χ4n) is 4.26. The average molecular weight is 371 g/mol. The van der Waals surface area contributed by atoms with Gasteiger partial charge in [0, 0.05) is 29.5 Å². The molecule has 3 N–H and O–H groups in total. The van der Waals surface area contributed by atoms with Crippen molar-refractivity contribution in [2.24, 2.45) is 11.1 Å². The Kier molecular flexibility index (Phi) is 4.41. The largest absolute Gasteiger partial charge is 0.478 e. The summed E-state index contributed by atoms with van der Waals surface area (Å²) in [5.41, 5.74) is 11.3. The van der Waals surface area contributed by atoms with Crippen LogP contribution in [0.5, 0.6) is 0 Å². The highest BCUT2D eigenvalue weighted by Gasteiger charge is 2.33. The first-order valence-corrected chi connectivity index (χ1v) is 10.1. The van der Waals surface area contributed by atoms with E-state index in [9.17, 15) is 9.90 Å². The quantitative estimate of drug-likeness (QED) is 0.860. The SMILES string of the molecule is CC1(C)CCc2sc(-c3ccc4c(c3)CN(CN)CC4)c(C(=O)O)c2C1. The van der Waals surface area contributed by atoms with E-state index < -0.39 is 5.97 Å². The molecule has 0 radical (unpaired) electrons. The van der Waals surface area contributed by atoms with E-state index in [1.54, 1.807) is 11.3 Å². The molecule has 0 amide bonds. The Morgan fingerprint density at radius 2 is 2.12 bits per heavy atom. The maximum Gasteiger partial charge on any atom is 0.337 e. The van der Waals surface area contributed by atoms with Crippen molar-refractivity contribution in [3.8, 4) is 10.4 Å². The van der Waals surface area contributed by atoms with Crippen LogP contribution in [-0.4, -0.2) is 29.2 Å². The van der Waals surface area contributed by atoms with Gasteiger partial charge in [0.2, 0.25) is 0 Å². The van der Waals surface area contributed by atoms with Crippen LogP contribution in [-0.2, 0) is 25.8 Å². The summed E-state index contributed by atoms with van der Waals surface area (Å²) in [6.07, 6.45) is 3.97. The number of rotatable bonds is 3. The molecule has 4 rings (SSSR count). The lowest BCUT2D eigenvalue weighted by Crippen LogP contribution is -2.34. The van der Waals surface area contributed by atoms with E-state index in [4.69, 9.17) is 5.73 Å². The zero-order valence-electron chi connectivity index (χ0n) is 15.5. The van der Waals surface area contributed by atoms with Crippen molar-refractivity contribution >= 4 is 17.3 Å². The number of hydrogen-bond acceptors (Lipinski definition) is 4. The minimum absolute atomic E-state index is 0.174. The number of benzene rings is 1. The molecular formula is C21H26N2O2S. The van der Waals surface area contributed by atoms with E-state index in [0.717, 1.165) is 54.8 Å². The lowest BCUT2D eigenvalue weighted by molar-refractivity contribution is 0.0696. The summed E-state index contributed by atoms with van der Waals surface area (Å²) in [4.78, 5) is 16.5. The average Bonchev–Trinajstić information content (AvgIpc) is 2.98. The third-order valence-electron chi connectivity index (χ3n) is 5.81. The zero-order chi connectivity index (χ0) is 18.5. The first-order valence-electron chi connectivity index (χ1n) is 9.30. The van der Waals surface area contributed by atoms with Crippen LogP contribution in [0.3, 0.4) is 0 Å². The Hall–Kier alpha value is -1.69. The van der Waals surface area contributed by atoms with Gasteiger partial charge in [-0.3, -0.25) is 4.90 Å². The third kappa shape index (κ3) is 3.08. The first-order chi connectivity index (χ1) is 12.4. The Morgan fingerprint density at radius 1 is 1.31 bits per heavy atom. The predicted octanol–water partition coefficient (Wildman–Crippen LogP) is 3.90. The number of fused-ring (bicyclic) bond motifs is 2. The summed E-state index contributed by atoms with van der Waals surface area (Å²) in [6, 6.07) is 6.46. The van der Waals surface area contributed by atoms with Crippen LogP contribution in [0.2, 0.25) is 0 Å². The van der Waals surface area contributed by atoms with Gasteiger partial charge in [0.25, 0.3) is 0 Å². The van der Waals surface area contributed by atoms with Crippen LogP contribution in [0.1, 0.15) is 52.2 Å². The van der Waals surface area contributed by atoms with Crippen molar-refractivity contribution < 1.29 is 9.90 Å². The Balaban J connectivity index is 1.79. The molecule has 5 heteroatoms. The number of aromatic carboxylic acids is 1. The van der Waals surface area contributed by atoms with E-state index in [1.807, 2.05) is 0 Å². The van der Waals surface area contributed by atoms with Crippen LogP contribution >= 0.6 is 11.3 Å². The summed E-state index contributed by atoms with van der Waals surface area (Å²) >= 11 is 1.68. The van der Waals surface area contributed by atoms with Crippen LogP contribution in [0.4, 0.5) is 0 Å². The topological polar surface area (TPSA) is 66.6 Å². The molecule has 2 aromatic rings. The molecule has 2 heterocycles. The molecular weight excluding hydrogens is 344 g/mol. The van der Waals surface area contributed by atoms with Crippen molar-refractivity contribution in [3.05, 3.63) is 45.3 Å². The van der Waals surface area contributed by atoms with Gasteiger partial charge in [-0.1, -0.05) is 26.0 Å². The molecule has 2 aliphatic rings. The third-order valence-corrected chi connectivity index (χ3v) is 7.15. The summed E-state index contributed by atoms with van der Waals surface area (Å²) in [6.45, 7) is 6.87. The van der Waals surface area contributed by atoms with Crippen LogP contribution in [0.15, 0.2) is 18.2 Å². The van der Waals surface area contributed by atoms with Gasteiger partial charge >= 0.3 is 5.97 Å². The molecule has 0 atom stereocenters. The molecule has 1 aromatic carbocycles. The maximum atomic E-state index is 12.1. The minimum atomic E-state index is -0.795. The second kappa shape index (κ2) is 6.48. The summed E-state index contributed by atoms with van der Waals surface area (Å²) < 4.78 is 0. The Morgan fingerprint density at radius 3 is 2.85 bits per heavy atom. The van der Waals surface area contributed by atoms with E-state index in [0.29, 0.717) is 12.2 Å². The van der Waals surface area contributed by atoms with Gasteiger partial charge in [-0.2, -0.15) is 0 Å². The molecule has 0 spiro atoms. The van der Waals surface area contributed by atoms with Crippen LogP contribution in [0, 0.1) is 5.41 Å². The normalized spacial score (nSPS) is 19.0. The van der Waals surface area contributed by atoms with Gasteiger partial charge in [-0.25, -0.2) is 4.79 Å². The minimum Gasteiger partial charge on any atom is -0.478 e. The summed E-state index contributed by atoms with van der Waals surface area (Å²) in [5.74, 6) is -0.795. The molecule has 4 nitrogen and oxygen atoms in total. The van der Waals surface area contributed by atoms with Crippen LogP contribution < -0.4 is 5.73 Å². The van der Waals surface area contributed by atoms with Crippen molar-refractivity contribution in [1.82, 2.24) is 4.90 Å². The fraction of sp³-hybridized carbons (Fsp3) is 0.476. The van der Waals surface area contributed by atoms with E-state index >= 15 is 0 Å². The molecule has 1 aliphatic heterocycles. The van der Waals surface area contributed by atoms with Gasteiger partial charge in [0.15, 0.2) is 0 Å². The smallest absolute Gasteiger partial charge is 0.337 e. The second-order valence-electron chi connectivity index (χ2n) is 8.32. The molecule has 1 aromatic heterocycles. The monoisotopic (exact) mass is 370 g/mol.